The summed E-state index contributed by atoms with van der Waals surface area (Å²) >= 11 is 16.1. The molecule has 0 bridgehead atoms. The minimum atomic E-state index is -1.67. The van der Waals surface area contributed by atoms with Crippen LogP contribution >= 0.6 is 39.1 Å². The Hall–Kier alpha value is -2.71. The summed E-state index contributed by atoms with van der Waals surface area (Å²) in [5.74, 6) is -1.03. The van der Waals surface area contributed by atoms with Gasteiger partial charge in [-0.2, -0.15) is 0 Å². The molecule has 2 N–H and O–H groups in total. The van der Waals surface area contributed by atoms with Crippen molar-refractivity contribution in [2.24, 2.45) is 0 Å². The molecule has 0 unspecified atom stereocenters. The maximum atomic E-state index is 12.7. The number of pyridine rings is 1. The largest absolute Gasteiger partial charge is 0.432 e. The number of benzene rings is 2. The van der Waals surface area contributed by atoms with Crippen LogP contribution in [0.25, 0.3) is 33.5 Å². The highest BCUT2D eigenvalue weighted by atomic mass is 79.9. The average Bonchev–Trinajstić information content (AvgIpc) is 3.15. The van der Waals surface area contributed by atoms with Crippen LogP contribution in [0.1, 0.15) is 37.7 Å². The summed E-state index contributed by atoms with van der Waals surface area (Å²) in [5.41, 5.74) is 1.31. The SMILES string of the molecule is CCC(=O)c1oc2nc(-c3ccc(Br)cc3Cl)c(-c3ccc(Cl)cc3)cc2c1NC(=O)C(C)(C)O. The third-order valence-electron chi connectivity index (χ3n) is 5.39. The zero-order chi connectivity index (χ0) is 25.5. The molecular formula is C26H21BrCl2N2O4. The molecule has 2 aromatic heterocycles. The van der Waals surface area contributed by atoms with E-state index in [1.54, 1.807) is 31.2 Å². The van der Waals surface area contributed by atoms with Crippen LogP contribution in [0.4, 0.5) is 5.69 Å². The van der Waals surface area contributed by atoms with Crippen molar-refractivity contribution in [1.29, 1.82) is 0 Å². The smallest absolute Gasteiger partial charge is 0.255 e. The van der Waals surface area contributed by atoms with Crippen LogP contribution in [-0.2, 0) is 4.79 Å². The lowest BCUT2D eigenvalue weighted by atomic mass is 9.98. The van der Waals surface area contributed by atoms with E-state index >= 15 is 0 Å². The van der Waals surface area contributed by atoms with Crippen molar-refractivity contribution in [3.8, 4) is 22.4 Å². The molecule has 4 aromatic rings. The van der Waals surface area contributed by atoms with Gasteiger partial charge in [0.2, 0.25) is 5.71 Å². The Balaban J connectivity index is 2.04. The van der Waals surface area contributed by atoms with E-state index in [4.69, 9.17) is 32.6 Å². The number of carbonyl (C=O) groups excluding carboxylic acids is 2. The number of hydrogen-bond acceptors (Lipinski definition) is 5. The number of Topliss-reactive ketones (excluding diaryl/α,β-unsaturated/α-hetero) is 1. The summed E-state index contributed by atoms with van der Waals surface area (Å²) in [7, 11) is 0. The van der Waals surface area contributed by atoms with Crippen LogP contribution in [0.5, 0.6) is 0 Å². The van der Waals surface area contributed by atoms with E-state index in [2.05, 4.69) is 21.2 Å². The lowest BCUT2D eigenvalue weighted by molar-refractivity contribution is -0.130. The highest BCUT2D eigenvalue weighted by Gasteiger charge is 2.29. The van der Waals surface area contributed by atoms with Gasteiger partial charge < -0.3 is 14.8 Å². The van der Waals surface area contributed by atoms with Crippen molar-refractivity contribution in [1.82, 2.24) is 4.98 Å². The second kappa shape index (κ2) is 9.74. The van der Waals surface area contributed by atoms with Gasteiger partial charge in [-0.1, -0.05) is 64.3 Å². The summed E-state index contributed by atoms with van der Waals surface area (Å²) in [6.07, 6.45) is 0.153. The Kier molecular flexibility index (Phi) is 7.06. The van der Waals surface area contributed by atoms with Gasteiger partial charge in [0.1, 0.15) is 11.3 Å². The molecule has 0 atom stereocenters. The Labute approximate surface area is 220 Å². The van der Waals surface area contributed by atoms with Crippen LogP contribution in [0, 0.1) is 0 Å². The maximum absolute atomic E-state index is 12.7. The number of amides is 1. The van der Waals surface area contributed by atoms with Crippen LogP contribution < -0.4 is 5.32 Å². The number of aromatic nitrogens is 1. The number of rotatable bonds is 6. The molecule has 2 aromatic carbocycles. The summed E-state index contributed by atoms with van der Waals surface area (Å²) in [4.78, 5) is 30.1. The van der Waals surface area contributed by atoms with Crippen molar-refractivity contribution in [3.05, 3.63) is 68.8 Å². The molecule has 0 aliphatic heterocycles. The van der Waals surface area contributed by atoms with Gasteiger partial charge in [-0.05, 0) is 49.7 Å². The first kappa shape index (κ1) is 25.4. The molecule has 0 spiro atoms. The van der Waals surface area contributed by atoms with E-state index < -0.39 is 11.5 Å². The molecule has 0 aliphatic carbocycles. The Morgan fingerprint density at radius 1 is 1.09 bits per heavy atom. The van der Waals surface area contributed by atoms with Crippen molar-refractivity contribution >= 4 is 67.6 Å². The first-order chi connectivity index (χ1) is 16.5. The number of hydrogen-bond donors (Lipinski definition) is 2. The van der Waals surface area contributed by atoms with E-state index in [1.807, 2.05) is 24.3 Å². The molecule has 4 rings (SSSR count). The predicted octanol–water partition coefficient (Wildman–Crippen LogP) is 7.53. The fourth-order valence-electron chi connectivity index (χ4n) is 3.51. The van der Waals surface area contributed by atoms with Crippen LogP contribution in [0.2, 0.25) is 10.0 Å². The number of anilines is 1. The molecule has 6 nitrogen and oxygen atoms in total. The zero-order valence-corrected chi connectivity index (χ0v) is 22.2. The van der Waals surface area contributed by atoms with Crippen LogP contribution in [0.15, 0.2) is 57.4 Å². The van der Waals surface area contributed by atoms with Gasteiger partial charge in [0.15, 0.2) is 11.5 Å². The van der Waals surface area contributed by atoms with Gasteiger partial charge in [0, 0.05) is 27.0 Å². The number of nitrogens with zero attached hydrogens (tertiary/aromatic N) is 1. The molecule has 1 amide bonds. The molecule has 0 radical (unpaired) electrons. The quantitative estimate of drug-likeness (QED) is 0.232. The standard InChI is InChI=1S/C26H21BrCl2N2O4/c1-4-20(32)23-22(31-25(33)26(2,3)34)18-12-17(13-5-8-15(28)9-6-13)21(30-24(18)35-23)16-10-7-14(27)11-19(16)29/h5-12,34H,4H2,1-3H3,(H,31,33). The lowest BCUT2D eigenvalue weighted by Gasteiger charge is -2.17. The highest BCUT2D eigenvalue weighted by Crippen LogP contribution is 2.41. The Morgan fingerprint density at radius 2 is 1.77 bits per heavy atom. The van der Waals surface area contributed by atoms with Crippen molar-refractivity contribution in [2.45, 2.75) is 32.8 Å². The maximum Gasteiger partial charge on any atom is 0.255 e. The summed E-state index contributed by atoms with van der Waals surface area (Å²) in [5, 5.41) is 14.3. The average molecular weight is 576 g/mol. The van der Waals surface area contributed by atoms with E-state index in [0.29, 0.717) is 32.3 Å². The zero-order valence-electron chi connectivity index (χ0n) is 19.1. The van der Waals surface area contributed by atoms with Crippen molar-refractivity contribution < 1.29 is 19.1 Å². The monoisotopic (exact) mass is 574 g/mol. The first-order valence-corrected chi connectivity index (χ1v) is 12.3. The van der Waals surface area contributed by atoms with E-state index in [0.717, 1.165) is 10.0 Å². The fraction of sp³-hybridized carbons (Fsp3) is 0.192. The number of ketones is 1. The normalized spacial score (nSPS) is 11.6. The Bertz CT molecular complexity index is 1460. The van der Waals surface area contributed by atoms with Gasteiger partial charge in [-0.3, -0.25) is 9.59 Å². The Morgan fingerprint density at radius 3 is 2.37 bits per heavy atom. The molecular weight excluding hydrogens is 555 g/mol. The highest BCUT2D eigenvalue weighted by molar-refractivity contribution is 9.10. The summed E-state index contributed by atoms with van der Waals surface area (Å²) in [6, 6.07) is 14.4. The van der Waals surface area contributed by atoms with E-state index in [-0.39, 0.29) is 29.4 Å². The number of halogens is 3. The predicted molar refractivity (Wildman–Crippen MR) is 142 cm³/mol. The van der Waals surface area contributed by atoms with Gasteiger partial charge in [-0.25, -0.2) is 4.98 Å². The van der Waals surface area contributed by atoms with Crippen LogP contribution in [-0.4, -0.2) is 27.4 Å². The molecule has 2 heterocycles. The van der Waals surface area contributed by atoms with E-state index in [1.165, 1.54) is 13.8 Å². The minimum Gasteiger partial charge on any atom is -0.432 e. The third kappa shape index (κ3) is 5.14. The molecule has 0 saturated carbocycles. The molecule has 0 aliphatic rings. The molecule has 0 fully saturated rings. The molecule has 35 heavy (non-hydrogen) atoms. The minimum absolute atomic E-state index is 0.0336. The van der Waals surface area contributed by atoms with Crippen molar-refractivity contribution in [2.75, 3.05) is 5.32 Å². The number of furan rings is 1. The van der Waals surface area contributed by atoms with Gasteiger partial charge in [0.05, 0.1) is 16.1 Å². The number of fused-ring (bicyclic) bond motifs is 1. The third-order valence-corrected chi connectivity index (χ3v) is 6.45. The second-order valence-electron chi connectivity index (χ2n) is 8.46. The van der Waals surface area contributed by atoms with E-state index in [9.17, 15) is 14.7 Å². The molecule has 0 saturated heterocycles. The first-order valence-electron chi connectivity index (χ1n) is 10.8. The summed E-state index contributed by atoms with van der Waals surface area (Å²) < 4.78 is 6.68. The van der Waals surface area contributed by atoms with Crippen LogP contribution in [0.3, 0.4) is 0 Å². The molecule has 9 heteroatoms. The second-order valence-corrected chi connectivity index (χ2v) is 10.2. The van der Waals surface area contributed by atoms with Gasteiger partial charge in [0.25, 0.3) is 5.91 Å². The fourth-order valence-corrected chi connectivity index (χ4v) is 4.40. The van der Waals surface area contributed by atoms with Gasteiger partial charge in [-0.15, -0.1) is 0 Å². The lowest BCUT2D eigenvalue weighted by Crippen LogP contribution is -2.37. The van der Waals surface area contributed by atoms with Crippen molar-refractivity contribution in [3.63, 3.8) is 0 Å². The molecule has 180 valence electrons. The summed E-state index contributed by atoms with van der Waals surface area (Å²) in [6.45, 7) is 4.41. The number of aliphatic hydroxyl groups is 1. The topological polar surface area (TPSA) is 92.4 Å². The number of nitrogens with one attached hydrogen (secondary N) is 1. The van der Waals surface area contributed by atoms with Gasteiger partial charge >= 0.3 is 0 Å². The number of carbonyl (C=O) groups is 2.